The molecular formula is C34H27N3O3. The third-order valence-electron chi connectivity index (χ3n) is 8.71. The van der Waals surface area contributed by atoms with Crippen molar-refractivity contribution >= 4 is 34.4 Å². The van der Waals surface area contributed by atoms with Crippen LogP contribution in [0.15, 0.2) is 103 Å². The SMILES string of the molecule is CC1=C[C@@H]2N(c3ccc(C)cc31)[C@H](C(=O)c1ccccc1)[C@@H](C(=O)c1ccncc1)[C@]21C(=O)Nc2ccccc21. The maximum absolute atomic E-state index is 14.7. The number of anilines is 2. The maximum Gasteiger partial charge on any atom is 0.238 e. The number of benzene rings is 3. The van der Waals surface area contributed by atoms with Crippen LogP contribution in [-0.4, -0.2) is 34.5 Å². The number of Topliss-reactive ketones (excluding diaryl/α,β-unsaturated/α-hetero) is 2. The Balaban J connectivity index is 1.57. The highest BCUT2D eigenvalue weighted by molar-refractivity contribution is 6.18. The van der Waals surface area contributed by atoms with Crippen molar-refractivity contribution in [3.05, 3.63) is 131 Å². The Bertz CT molecular complexity index is 1730. The molecule has 0 unspecified atom stereocenters. The fourth-order valence-electron chi connectivity index (χ4n) is 7.01. The first-order valence-corrected chi connectivity index (χ1v) is 13.4. The maximum atomic E-state index is 14.7. The number of hydrogen-bond acceptors (Lipinski definition) is 5. The summed E-state index contributed by atoms with van der Waals surface area (Å²) in [6, 6.07) is 24.6. The normalized spacial score (nSPS) is 24.1. The summed E-state index contributed by atoms with van der Waals surface area (Å²) in [5.41, 5.74) is 4.98. The summed E-state index contributed by atoms with van der Waals surface area (Å²) in [5, 5.41) is 3.08. The predicted molar refractivity (Wildman–Crippen MR) is 154 cm³/mol. The molecule has 3 aliphatic rings. The van der Waals surface area contributed by atoms with Crippen LogP contribution in [-0.2, 0) is 10.2 Å². The van der Waals surface area contributed by atoms with Gasteiger partial charge < -0.3 is 10.2 Å². The summed E-state index contributed by atoms with van der Waals surface area (Å²) in [4.78, 5) is 49.8. The molecular weight excluding hydrogens is 498 g/mol. The van der Waals surface area contributed by atoms with Crippen LogP contribution in [0.25, 0.3) is 5.57 Å². The fourth-order valence-corrected chi connectivity index (χ4v) is 7.01. The molecule has 6 heteroatoms. The fraction of sp³-hybridized carbons (Fsp3) is 0.176. The molecule has 196 valence electrons. The molecule has 4 atom stereocenters. The zero-order valence-corrected chi connectivity index (χ0v) is 22.2. The monoisotopic (exact) mass is 525 g/mol. The average molecular weight is 526 g/mol. The van der Waals surface area contributed by atoms with Crippen LogP contribution in [0.1, 0.15) is 44.3 Å². The van der Waals surface area contributed by atoms with Crippen molar-refractivity contribution in [2.45, 2.75) is 31.3 Å². The van der Waals surface area contributed by atoms with E-state index in [1.165, 1.54) is 0 Å². The highest BCUT2D eigenvalue weighted by atomic mass is 16.2. The average Bonchev–Trinajstić information content (AvgIpc) is 3.45. The van der Waals surface area contributed by atoms with E-state index >= 15 is 0 Å². The number of rotatable bonds is 4. The minimum Gasteiger partial charge on any atom is -0.352 e. The number of amides is 1. The van der Waals surface area contributed by atoms with E-state index < -0.39 is 23.4 Å². The van der Waals surface area contributed by atoms with Crippen LogP contribution in [0.2, 0.25) is 0 Å². The van der Waals surface area contributed by atoms with Crippen LogP contribution in [0.3, 0.4) is 0 Å². The van der Waals surface area contributed by atoms with E-state index in [4.69, 9.17) is 0 Å². The van der Waals surface area contributed by atoms with Crippen LogP contribution >= 0.6 is 0 Å². The van der Waals surface area contributed by atoms with Gasteiger partial charge in [0.1, 0.15) is 11.5 Å². The molecule has 1 saturated heterocycles. The van der Waals surface area contributed by atoms with Gasteiger partial charge in [-0.05, 0) is 55.3 Å². The topological polar surface area (TPSA) is 79.4 Å². The molecule has 7 rings (SSSR count). The zero-order chi connectivity index (χ0) is 27.6. The first-order chi connectivity index (χ1) is 19.4. The van der Waals surface area contributed by atoms with E-state index in [9.17, 15) is 14.4 Å². The number of allylic oxidation sites excluding steroid dienone is 1. The lowest BCUT2D eigenvalue weighted by Gasteiger charge is -2.39. The Morgan fingerprint density at radius 1 is 0.850 bits per heavy atom. The number of para-hydroxylation sites is 1. The van der Waals surface area contributed by atoms with E-state index in [1.807, 2.05) is 73.3 Å². The standard InChI is InChI=1S/C34H27N3O3/c1-20-12-13-27-24(18-20)21(2)19-28-34(25-10-6-7-11-26(25)36-33(34)40)29(31(38)23-14-16-35-17-15-23)30(37(27)28)32(39)22-8-4-3-5-9-22/h3-19,28-30H,1-2H3,(H,36,40)/t28-,29-,30-,34+/m0/s1. The van der Waals surface area contributed by atoms with Crippen LogP contribution in [0, 0.1) is 12.8 Å². The van der Waals surface area contributed by atoms with E-state index in [-0.39, 0.29) is 17.5 Å². The molecule has 3 aromatic carbocycles. The van der Waals surface area contributed by atoms with Gasteiger partial charge in [0.05, 0.1) is 12.0 Å². The minimum atomic E-state index is -1.32. The summed E-state index contributed by atoms with van der Waals surface area (Å²) in [6.07, 6.45) is 5.22. The predicted octanol–water partition coefficient (Wildman–Crippen LogP) is 5.64. The van der Waals surface area contributed by atoms with Crippen molar-refractivity contribution in [3.8, 4) is 0 Å². The Morgan fingerprint density at radius 2 is 1.55 bits per heavy atom. The van der Waals surface area contributed by atoms with Crippen LogP contribution in [0.5, 0.6) is 0 Å². The van der Waals surface area contributed by atoms with Crippen molar-refractivity contribution in [3.63, 3.8) is 0 Å². The molecule has 40 heavy (non-hydrogen) atoms. The number of nitrogens with zero attached hydrogens (tertiary/aromatic N) is 2. The van der Waals surface area contributed by atoms with E-state index in [0.29, 0.717) is 16.8 Å². The number of carbonyl (C=O) groups excluding carboxylic acids is 3. The number of nitrogens with one attached hydrogen (secondary N) is 1. The zero-order valence-electron chi connectivity index (χ0n) is 22.2. The van der Waals surface area contributed by atoms with Crippen molar-refractivity contribution < 1.29 is 14.4 Å². The van der Waals surface area contributed by atoms with Crippen molar-refractivity contribution in [2.24, 2.45) is 5.92 Å². The number of ketones is 2. The van der Waals surface area contributed by atoms with Gasteiger partial charge in [-0.15, -0.1) is 0 Å². The first-order valence-electron chi connectivity index (χ1n) is 13.4. The number of pyridine rings is 1. The van der Waals surface area contributed by atoms with Gasteiger partial charge >= 0.3 is 0 Å². The molecule has 1 fully saturated rings. The third-order valence-corrected chi connectivity index (χ3v) is 8.71. The van der Waals surface area contributed by atoms with Crippen molar-refractivity contribution in [1.29, 1.82) is 0 Å². The third kappa shape index (κ3) is 3.22. The van der Waals surface area contributed by atoms with Gasteiger partial charge in [0.2, 0.25) is 5.91 Å². The van der Waals surface area contributed by atoms with E-state index in [1.54, 1.807) is 36.7 Å². The Kier molecular flexibility index (Phi) is 5.36. The smallest absolute Gasteiger partial charge is 0.238 e. The lowest BCUT2D eigenvalue weighted by atomic mass is 9.64. The Labute approximate surface area is 232 Å². The molecule has 1 amide bonds. The Morgan fingerprint density at radius 3 is 2.33 bits per heavy atom. The summed E-state index contributed by atoms with van der Waals surface area (Å²) >= 11 is 0. The summed E-state index contributed by atoms with van der Waals surface area (Å²) in [6.45, 7) is 4.07. The number of aromatic nitrogens is 1. The molecule has 0 saturated carbocycles. The second-order valence-corrected chi connectivity index (χ2v) is 10.8. The van der Waals surface area contributed by atoms with E-state index in [0.717, 1.165) is 28.0 Å². The second kappa shape index (κ2) is 8.85. The largest absolute Gasteiger partial charge is 0.352 e. The number of carbonyl (C=O) groups is 3. The molecule has 0 radical (unpaired) electrons. The molecule has 1 spiro atoms. The summed E-state index contributed by atoms with van der Waals surface area (Å²) < 4.78 is 0. The molecule has 1 N–H and O–H groups in total. The molecule has 6 nitrogen and oxygen atoms in total. The summed E-state index contributed by atoms with van der Waals surface area (Å²) in [5.74, 6) is -1.70. The second-order valence-electron chi connectivity index (χ2n) is 10.8. The van der Waals surface area contributed by atoms with E-state index in [2.05, 4.69) is 22.4 Å². The molecule has 0 bridgehead atoms. The molecule has 4 aromatic rings. The van der Waals surface area contributed by atoms with Gasteiger partial charge in [0, 0.05) is 40.5 Å². The quantitative estimate of drug-likeness (QED) is 0.349. The van der Waals surface area contributed by atoms with Gasteiger partial charge in [0.15, 0.2) is 11.6 Å². The van der Waals surface area contributed by atoms with Crippen molar-refractivity contribution in [2.75, 3.05) is 10.2 Å². The van der Waals surface area contributed by atoms with Gasteiger partial charge in [-0.1, -0.05) is 66.2 Å². The van der Waals surface area contributed by atoms with Crippen LogP contribution < -0.4 is 10.2 Å². The van der Waals surface area contributed by atoms with Gasteiger partial charge in [-0.3, -0.25) is 19.4 Å². The number of aryl methyl sites for hydroxylation is 1. The minimum absolute atomic E-state index is 0.188. The van der Waals surface area contributed by atoms with Crippen molar-refractivity contribution in [1.82, 2.24) is 4.98 Å². The highest BCUT2D eigenvalue weighted by Gasteiger charge is 2.70. The lowest BCUT2D eigenvalue weighted by molar-refractivity contribution is -0.121. The Hall–Kier alpha value is -4.84. The molecule has 4 heterocycles. The molecule has 0 aliphatic carbocycles. The molecule has 1 aromatic heterocycles. The van der Waals surface area contributed by atoms with Gasteiger partial charge in [-0.2, -0.15) is 0 Å². The summed E-state index contributed by atoms with van der Waals surface area (Å²) in [7, 11) is 0. The lowest BCUT2D eigenvalue weighted by Crippen LogP contribution is -2.51. The number of fused-ring (bicyclic) bond motifs is 6. The highest BCUT2D eigenvalue weighted by Crippen LogP contribution is 2.58. The van der Waals surface area contributed by atoms with Gasteiger partial charge in [0.25, 0.3) is 0 Å². The number of hydrogen-bond donors (Lipinski definition) is 1. The van der Waals surface area contributed by atoms with Crippen LogP contribution in [0.4, 0.5) is 11.4 Å². The molecule has 3 aliphatic heterocycles. The first kappa shape index (κ1) is 24.2. The van der Waals surface area contributed by atoms with Gasteiger partial charge in [-0.25, -0.2) is 0 Å².